The summed E-state index contributed by atoms with van der Waals surface area (Å²) in [6.07, 6.45) is 1.31. The molecule has 2 N–H and O–H groups in total. The maximum atomic E-state index is 12.7. The zero-order valence-electron chi connectivity index (χ0n) is 9.67. The van der Waals surface area contributed by atoms with Gasteiger partial charge in [-0.15, -0.1) is 0 Å². The predicted octanol–water partition coefficient (Wildman–Crippen LogP) is 1.97. The Morgan fingerprint density at radius 3 is 2.42 bits per heavy atom. The molecule has 0 radical (unpaired) electrons. The zero-order chi connectivity index (χ0) is 13.8. The number of nitrogens with one attached hydrogen (secondary N) is 1. The molecule has 0 aliphatic heterocycles. The molecule has 0 saturated heterocycles. The molecule has 0 aliphatic carbocycles. The first-order valence-electron chi connectivity index (χ1n) is 5.40. The number of furan rings is 1. The van der Waals surface area contributed by atoms with Gasteiger partial charge in [0.15, 0.2) is 6.04 Å². The van der Waals surface area contributed by atoms with Crippen molar-refractivity contribution in [3.63, 3.8) is 0 Å². The highest BCUT2D eigenvalue weighted by atomic mass is 19.1. The summed E-state index contributed by atoms with van der Waals surface area (Å²) >= 11 is 0. The minimum atomic E-state index is -1.28. The Kier molecular flexibility index (Phi) is 3.61. The number of carboxylic acid groups (broad SMARTS) is 1. The van der Waals surface area contributed by atoms with E-state index < -0.39 is 23.7 Å². The van der Waals surface area contributed by atoms with Crippen LogP contribution in [0.3, 0.4) is 0 Å². The summed E-state index contributed by atoms with van der Waals surface area (Å²) in [6.45, 7) is 0. The molecule has 98 valence electrons. The molecule has 0 fully saturated rings. The molecular formula is C13H10FNO4. The largest absolute Gasteiger partial charge is 0.479 e. The van der Waals surface area contributed by atoms with E-state index in [9.17, 15) is 14.0 Å². The van der Waals surface area contributed by atoms with Crippen molar-refractivity contribution in [2.75, 3.05) is 0 Å². The fourth-order valence-electron chi connectivity index (χ4n) is 1.53. The van der Waals surface area contributed by atoms with Gasteiger partial charge in [-0.2, -0.15) is 0 Å². The van der Waals surface area contributed by atoms with Crippen LogP contribution >= 0.6 is 0 Å². The van der Waals surface area contributed by atoms with Gasteiger partial charge in [0.05, 0.1) is 6.26 Å². The molecule has 19 heavy (non-hydrogen) atoms. The van der Waals surface area contributed by atoms with E-state index in [1.807, 2.05) is 0 Å². The molecule has 2 aromatic rings. The third kappa shape index (κ3) is 2.98. The number of benzene rings is 1. The van der Waals surface area contributed by atoms with Crippen LogP contribution in [-0.4, -0.2) is 17.0 Å². The van der Waals surface area contributed by atoms with Crippen molar-refractivity contribution in [1.29, 1.82) is 0 Å². The summed E-state index contributed by atoms with van der Waals surface area (Å²) in [5.41, 5.74) is 0.166. The van der Waals surface area contributed by atoms with E-state index in [4.69, 9.17) is 9.52 Å². The highest BCUT2D eigenvalue weighted by molar-refractivity contribution is 5.96. The van der Waals surface area contributed by atoms with E-state index in [1.165, 1.54) is 30.5 Å². The molecule has 0 bridgehead atoms. The first kappa shape index (κ1) is 12.8. The summed E-state index contributed by atoms with van der Waals surface area (Å²) < 4.78 is 17.7. The lowest BCUT2D eigenvalue weighted by Gasteiger charge is -2.12. The number of hydrogen-bond donors (Lipinski definition) is 2. The normalized spacial score (nSPS) is 11.8. The van der Waals surface area contributed by atoms with Crippen LogP contribution in [0.1, 0.15) is 22.2 Å². The van der Waals surface area contributed by atoms with Crippen LogP contribution in [0, 0.1) is 5.82 Å². The SMILES string of the molecule is O=C(NC(C(=O)O)c1ccco1)c1ccc(F)cc1. The second kappa shape index (κ2) is 5.34. The van der Waals surface area contributed by atoms with Crippen molar-refractivity contribution in [2.45, 2.75) is 6.04 Å². The molecule has 6 heteroatoms. The molecule has 0 spiro atoms. The van der Waals surface area contributed by atoms with Gasteiger partial charge >= 0.3 is 5.97 Å². The summed E-state index contributed by atoms with van der Waals surface area (Å²) in [5.74, 6) is -2.23. The van der Waals surface area contributed by atoms with E-state index in [0.717, 1.165) is 12.1 Å². The average Bonchev–Trinajstić information content (AvgIpc) is 2.89. The monoisotopic (exact) mass is 263 g/mol. The minimum Gasteiger partial charge on any atom is -0.479 e. The second-order valence-corrected chi connectivity index (χ2v) is 3.77. The fraction of sp³-hybridized carbons (Fsp3) is 0.0769. The number of carbonyl (C=O) groups excluding carboxylic acids is 1. The van der Waals surface area contributed by atoms with Crippen molar-refractivity contribution in [1.82, 2.24) is 5.32 Å². The minimum absolute atomic E-state index is 0.114. The standard InChI is InChI=1S/C13H10FNO4/c14-9-5-3-8(4-6-9)12(16)15-11(13(17)18)10-2-1-7-19-10/h1-7,11H,(H,15,16)(H,17,18). The van der Waals surface area contributed by atoms with Gasteiger partial charge in [0.1, 0.15) is 11.6 Å². The molecule has 1 aromatic carbocycles. The van der Waals surface area contributed by atoms with Crippen molar-refractivity contribution >= 4 is 11.9 Å². The predicted molar refractivity (Wildman–Crippen MR) is 63.0 cm³/mol. The molecule has 0 aliphatic rings. The molecule has 2 rings (SSSR count). The number of rotatable bonds is 4. The van der Waals surface area contributed by atoms with Crippen LogP contribution in [0.4, 0.5) is 4.39 Å². The quantitative estimate of drug-likeness (QED) is 0.883. The maximum Gasteiger partial charge on any atom is 0.334 e. The van der Waals surface area contributed by atoms with Crippen LogP contribution in [-0.2, 0) is 4.79 Å². The van der Waals surface area contributed by atoms with Gasteiger partial charge in [0, 0.05) is 5.56 Å². The van der Waals surface area contributed by atoms with Gasteiger partial charge < -0.3 is 14.8 Å². The molecule has 5 nitrogen and oxygen atoms in total. The van der Waals surface area contributed by atoms with E-state index in [1.54, 1.807) is 0 Å². The fourth-order valence-corrected chi connectivity index (χ4v) is 1.53. The van der Waals surface area contributed by atoms with Crippen molar-refractivity contribution in [3.8, 4) is 0 Å². The molecule has 1 heterocycles. The second-order valence-electron chi connectivity index (χ2n) is 3.77. The van der Waals surface area contributed by atoms with Crippen molar-refractivity contribution in [2.24, 2.45) is 0 Å². The van der Waals surface area contributed by atoms with Crippen LogP contribution < -0.4 is 5.32 Å². The lowest BCUT2D eigenvalue weighted by Crippen LogP contribution is -2.33. The lowest BCUT2D eigenvalue weighted by atomic mass is 10.1. The van der Waals surface area contributed by atoms with Crippen molar-refractivity contribution in [3.05, 3.63) is 59.8 Å². The molecule has 1 atom stereocenters. The number of halogens is 1. The Morgan fingerprint density at radius 1 is 1.21 bits per heavy atom. The number of carboxylic acids is 1. The molecular weight excluding hydrogens is 253 g/mol. The first-order valence-corrected chi connectivity index (χ1v) is 5.40. The Labute approximate surface area is 107 Å². The Hall–Kier alpha value is -2.63. The number of carbonyl (C=O) groups is 2. The molecule has 1 aromatic heterocycles. The Bertz CT molecular complexity index is 577. The smallest absolute Gasteiger partial charge is 0.334 e. The summed E-state index contributed by atoms with van der Waals surface area (Å²) in [7, 11) is 0. The van der Waals surface area contributed by atoms with Crippen LogP contribution in [0.2, 0.25) is 0 Å². The van der Waals surface area contributed by atoms with E-state index >= 15 is 0 Å². The number of amides is 1. The van der Waals surface area contributed by atoms with Gasteiger partial charge in [-0.05, 0) is 36.4 Å². The maximum absolute atomic E-state index is 12.7. The van der Waals surface area contributed by atoms with Gasteiger partial charge in [0.2, 0.25) is 0 Å². The highest BCUT2D eigenvalue weighted by Crippen LogP contribution is 2.14. The van der Waals surface area contributed by atoms with Gasteiger partial charge in [-0.1, -0.05) is 0 Å². The summed E-state index contributed by atoms with van der Waals surface area (Å²) in [5, 5.41) is 11.4. The Morgan fingerprint density at radius 2 is 1.89 bits per heavy atom. The van der Waals surface area contributed by atoms with Gasteiger partial charge in [-0.25, -0.2) is 9.18 Å². The van der Waals surface area contributed by atoms with Gasteiger partial charge in [0.25, 0.3) is 5.91 Å². The number of hydrogen-bond acceptors (Lipinski definition) is 3. The molecule has 0 saturated carbocycles. The highest BCUT2D eigenvalue weighted by Gasteiger charge is 2.25. The first-order chi connectivity index (χ1) is 9.08. The third-order valence-electron chi connectivity index (χ3n) is 2.46. The zero-order valence-corrected chi connectivity index (χ0v) is 9.67. The molecule has 1 unspecified atom stereocenters. The van der Waals surface area contributed by atoms with E-state index in [0.29, 0.717) is 0 Å². The third-order valence-corrected chi connectivity index (χ3v) is 2.46. The van der Waals surface area contributed by atoms with E-state index in [2.05, 4.69) is 5.32 Å². The average molecular weight is 263 g/mol. The van der Waals surface area contributed by atoms with Gasteiger partial charge in [-0.3, -0.25) is 4.79 Å². The summed E-state index contributed by atoms with van der Waals surface area (Å²) in [4.78, 5) is 22.9. The van der Waals surface area contributed by atoms with Crippen LogP contribution in [0.15, 0.2) is 47.1 Å². The topological polar surface area (TPSA) is 79.5 Å². The van der Waals surface area contributed by atoms with E-state index in [-0.39, 0.29) is 11.3 Å². The van der Waals surface area contributed by atoms with Crippen molar-refractivity contribution < 1.29 is 23.5 Å². The van der Waals surface area contributed by atoms with Crippen LogP contribution in [0.25, 0.3) is 0 Å². The molecule has 1 amide bonds. The Balaban J connectivity index is 2.16. The number of aliphatic carboxylic acids is 1. The van der Waals surface area contributed by atoms with Crippen LogP contribution in [0.5, 0.6) is 0 Å². The summed E-state index contributed by atoms with van der Waals surface area (Å²) in [6, 6.07) is 6.47. The lowest BCUT2D eigenvalue weighted by molar-refractivity contribution is -0.139.